The highest BCUT2D eigenvalue weighted by Gasteiger charge is 2.21. The van der Waals surface area contributed by atoms with Gasteiger partial charge in [0.2, 0.25) is 0 Å². The van der Waals surface area contributed by atoms with E-state index in [0.29, 0.717) is 20.8 Å². The lowest BCUT2D eigenvalue weighted by Crippen LogP contribution is -2.11. The van der Waals surface area contributed by atoms with E-state index in [1.807, 2.05) is 102 Å². The van der Waals surface area contributed by atoms with E-state index in [1.165, 1.54) is 11.8 Å². The second-order valence-electron chi connectivity index (χ2n) is 6.65. The Morgan fingerprint density at radius 2 is 1.50 bits per heavy atom. The predicted molar refractivity (Wildman–Crippen MR) is 129 cm³/mol. The number of carbonyl (C=O) groups is 1. The minimum Gasteiger partial charge on any atom is -0.300 e. The van der Waals surface area contributed by atoms with Crippen LogP contribution in [0.5, 0.6) is 0 Å². The van der Waals surface area contributed by atoms with Gasteiger partial charge in [-0.05, 0) is 42.2 Å². The highest BCUT2D eigenvalue weighted by Crippen LogP contribution is 2.33. The summed E-state index contributed by atoms with van der Waals surface area (Å²) in [5, 5.41) is 0.646. The largest absolute Gasteiger partial charge is 0.300 e. The van der Waals surface area contributed by atoms with Gasteiger partial charge in [-0.1, -0.05) is 84.5 Å². The smallest absolute Gasteiger partial charge is 0.197 e. The van der Waals surface area contributed by atoms with Crippen LogP contribution in [0.4, 0.5) is 0 Å². The Labute approximate surface area is 190 Å². The number of halogens is 1. The van der Waals surface area contributed by atoms with Gasteiger partial charge in [-0.25, -0.2) is 0 Å². The van der Waals surface area contributed by atoms with Gasteiger partial charge in [0, 0.05) is 21.2 Å². The summed E-state index contributed by atoms with van der Waals surface area (Å²) in [5.41, 5.74) is 3.97. The Balaban J connectivity index is 2.04. The number of benzene rings is 3. The first-order valence-electron chi connectivity index (χ1n) is 9.35. The van der Waals surface area contributed by atoms with Crippen LogP contribution in [-0.2, 0) is 0 Å². The number of hydrogen-bond acceptors (Lipinski definition) is 3. The van der Waals surface area contributed by atoms with Crippen LogP contribution >= 0.6 is 35.6 Å². The molecule has 3 aromatic carbocycles. The maximum atomic E-state index is 13.4. The molecule has 0 bridgehead atoms. The summed E-state index contributed by atoms with van der Waals surface area (Å²) in [5.74, 6) is -0.0766. The maximum absolute atomic E-state index is 13.4. The summed E-state index contributed by atoms with van der Waals surface area (Å²) >= 11 is 13.6. The number of hydrogen-bond donors (Lipinski definition) is 0. The van der Waals surface area contributed by atoms with E-state index < -0.39 is 0 Å². The second kappa shape index (κ2) is 9.00. The van der Waals surface area contributed by atoms with Crippen molar-refractivity contribution in [2.75, 3.05) is 6.26 Å². The van der Waals surface area contributed by atoms with Crippen molar-refractivity contribution in [3.05, 3.63) is 112 Å². The average Bonchev–Trinajstić information content (AvgIpc) is 2.80. The topological polar surface area (TPSA) is 22.0 Å². The van der Waals surface area contributed by atoms with Crippen molar-refractivity contribution in [2.24, 2.45) is 0 Å². The summed E-state index contributed by atoms with van der Waals surface area (Å²) in [6.07, 6.45) is 1.97. The zero-order valence-electron chi connectivity index (χ0n) is 16.2. The number of ketones is 1. The molecule has 0 amide bonds. The Bertz CT molecular complexity index is 1250. The Kier molecular flexibility index (Phi) is 6.18. The lowest BCUT2D eigenvalue weighted by Gasteiger charge is -2.19. The summed E-state index contributed by atoms with van der Waals surface area (Å²) in [7, 11) is 0. The molecule has 0 N–H and O–H groups in total. The Morgan fingerprint density at radius 3 is 2.10 bits per heavy atom. The van der Waals surface area contributed by atoms with Gasteiger partial charge in [0.1, 0.15) is 4.64 Å². The molecule has 4 rings (SSSR count). The summed E-state index contributed by atoms with van der Waals surface area (Å²) < 4.78 is 2.44. The minimum absolute atomic E-state index is 0.0766. The molecule has 0 spiro atoms. The molecule has 0 atom stereocenters. The first kappa shape index (κ1) is 20.6. The molecule has 0 unspecified atom stereocenters. The first-order valence-corrected chi connectivity index (χ1v) is 11.4. The third-order valence-electron chi connectivity index (χ3n) is 4.81. The third kappa shape index (κ3) is 3.99. The summed E-state index contributed by atoms with van der Waals surface area (Å²) in [6.45, 7) is 0. The van der Waals surface area contributed by atoms with Crippen LogP contribution in [-0.4, -0.2) is 16.6 Å². The average molecular weight is 448 g/mol. The van der Waals surface area contributed by atoms with Crippen molar-refractivity contribution >= 4 is 41.4 Å². The van der Waals surface area contributed by atoms with E-state index in [1.54, 1.807) is 0 Å². The van der Waals surface area contributed by atoms with E-state index in [9.17, 15) is 4.79 Å². The van der Waals surface area contributed by atoms with Crippen LogP contribution in [0.25, 0.3) is 16.9 Å². The number of pyridine rings is 1. The van der Waals surface area contributed by atoms with Gasteiger partial charge in [0.05, 0.1) is 11.3 Å². The number of nitrogens with zero attached hydrogens (tertiary/aromatic N) is 1. The quantitative estimate of drug-likeness (QED) is 0.180. The lowest BCUT2D eigenvalue weighted by atomic mass is 10.0. The standard InChI is InChI=1S/C25H18ClNOS2/c1-30-22-16-21(17-8-4-2-5-9-17)27(20-14-12-19(26)13-15-20)25(29)23(22)24(28)18-10-6-3-7-11-18/h2-16H,1H3. The van der Waals surface area contributed by atoms with E-state index in [4.69, 9.17) is 23.8 Å². The van der Waals surface area contributed by atoms with Crippen LogP contribution < -0.4 is 0 Å². The monoisotopic (exact) mass is 447 g/mol. The molecular weight excluding hydrogens is 430 g/mol. The Hall–Kier alpha value is -2.66. The molecule has 148 valence electrons. The van der Waals surface area contributed by atoms with E-state index in [0.717, 1.165) is 21.8 Å². The van der Waals surface area contributed by atoms with Gasteiger partial charge < -0.3 is 0 Å². The van der Waals surface area contributed by atoms with Gasteiger partial charge >= 0.3 is 0 Å². The van der Waals surface area contributed by atoms with Crippen molar-refractivity contribution in [3.63, 3.8) is 0 Å². The molecule has 5 heteroatoms. The molecular formula is C25H18ClNOS2. The summed E-state index contributed by atoms with van der Waals surface area (Å²) in [6, 6.07) is 28.8. The molecule has 0 aliphatic rings. The number of carbonyl (C=O) groups excluding carboxylic acids is 1. The van der Waals surface area contributed by atoms with Gasteiger partial charge in [-0.15, -0.1) is 11.8 Å². The van der Waals surface area contributed by atoms with E-state index in [2.05, 4.69) is 0 Å². The molecule has 4 aromatic rings. The van der Waals surface area contributed by atoms with Crippen molar-refractivity contribution < 1.29 is 4.79 Å². The van der Waals surface area contributed by atoms with Gasteiger partial charge in [-0.3, -0.25) is 9.36 Å². The van der Waals surface area contributed by atoms with Crippen LogP contribution in [0.1, 0.15) is 15.9 Å². The molecule has 0 saturated heterocycles. The molecule has 30 heavy (non-hydrogen) atoms. The summed E-state index contributed by atoms with van der Waals surface area (Å²) in [4.78, 5) is 14.3. The van der Waals surface area contributed by atoms with Crippen LogP contribution in [0.3, 0.4) is 0 Å². The van der Waals surface area contributed by atoms with Gasteiger partial charge in [0.25, 0.3) is 0 Å². The van der Waals surface area contributed by atoms with Crippen LogP contribution in [0.2, 0.25) is 5.02 Å². The van der Waals surface area contributed by atoms with Gasteiger partial charge in [0.15, 0.2) is 5.78 Å². The maximum Gasteiger partial charge on any atom is 0.197 e. The zero-order chi connectivity index (χ0) is 21.1. The molecule has 0 aliphatic heterocycles. The third-order valence-corrected chi connectivity index (χ3v) is 6.21. The molecule has 0 fully saturated rings. The second-order valence-corrected chi connectivity index (χ2v) is 8.32. The molecule has 0 aliphatic carbocycles. The normalized spacial score (nSPS) is 10.7. The Morgan fingerprint density at radius 1 is 0.900 bits per heavy atom. The van der Waals surface area contributed by atoms with E-state index >= 15 is 0 Å². The molecule has 2 nitrogen and oxygen atoms in total. The van der Waals surface area contributed by atoms with Gasteiger partial charge in [-0.2, -0.15) is 0 Å². The highest BCUT2D eigenvalue weighted by atomic mass is 35.5. The fraction of sp³-hybridized carbons (Fsp3) is 0.0400. The van der Waals surface area contributed by atoms with Crippen molar-refractivity contribution in [1.82, 2.24) is 4.57 Å². The fourth-order valence-electron chi connectivity index (χ4n) is 3.36. The SMILES string of the molecule is CSc1cc(-c2ccccc2)n(-c2ccc(Cl)cc2)c(=S)c1C(=O)c1ccccc1. The highest BCUT2D eigenvalue weighted by molar-refractivity contribution is 7.98. The fourth-order valence-corrected chi connectivity index (χ4v) is 4.58. The van der Waals surface area contributed by atoms with E-state index in [-0.39, 0.29) is 5.78 Å². The lowest BCUT2D eigenvalue weighted by molar-refractivity contribution is 0.103. The molecule has 1 aromatic heterocycles. The number of aromatic nitrogens is 1. The number of rotatable bonds is 5. The van der Waals surface area contributed by atoms with Crippen molar-refractivity contribution in [2.45, 2.75) is 4.90 Å². The predicted octanol–water partition coefficient (Wildman–Crippen LogP) is 7.48. The molecule has 0 radical (unpaired) electrons. The molecule has 1 heterocycles. The number of thioether (sulfide) groups is 1. The minimum atomic E-state index is -0.0766. The van der Waals surface area contributed by atoms with Crippen LogP contribution in [0, 0.1) is 4.64 Å². The molecule has 0 saturated carbocycles. The van der Waals surface area contributed by atoms with Crippen molar-refractivity contribution in [1.29, 1.82) is 0 Å². The van der Waals surface area contributed by atoms with Crippen LogP contribution in [0.15, 0.2) is 95.9 Å². The zero-order valence-corrected chi connectivity index (χ0v) is 18.6. The van der Waals surface area contributed by atoms with Crippen molar-refractivity contribution in [3.8, 4) is 16.9 Å². The first-order chi connectivity index (χ1) is 14.6.